The minimum Gasteiger partial charge on any atom is -0.482 e. The van der Waals surface area contributed by atoms with Gasteiger partial charge in [-0.1, -0.05) is 23.7 Å². The third-order valence-corrected chi connectivity index (χ3v) is 2.93. The molecule has 0 bridgehead atoms. The van der Waals surface area contributed by atoms with Crippen LogP contribution in [0.4, 0.5) is 11.4 Å². The Morgan fingerprint density at radius 3 is 2.85 bits per heavy atom. The van der Waals surface area contributed by atoms with Crippen LogP contribution in [0.2, 0.25) is 5.02 Å². The van der Waals surface area contributed by atoms with Gasteiger partial charge in [-0.15, -0.1) is 0 Å². The largest absolute Gasteiger partial charge is 0.482 e. The summed E-state index contributed by atoms with van der Waals surface area (Å²) in [5, 5.41) is 3.18. The van der Waals surface area contributed by atoms with Crippen LogP contribution in [0.15, 0.2) is 42.5 Å². The van der Waals surface area contributed by atoms with Crippen molar-refractivity contribution in [2.45, 2.75) is 6.92 Å². The minimum atomic E-state index is -0.270. The summed E-state index contributed by atoms with van der Waals surface area (Å²) in [7, 11) is 0. The lowest BCUT2D eigenvalue weighted by Crippen LogP contribution is -2.20. The van der Waals surface area contributed by atoms with Gasteiger partial charge < -0.3 is 15.8 Å². The van der Waals surface area contributed by atoms with Gasteiger partial charge in [0.05, 0.1) is 5.02 Å². The summed E-state index contributed by atoms with van der Waals surface area (Å²) in [4.78, 5) is 11.8. The molecule has 0 atom stereocenters. The number of amides is 1. The molecular formula is C15H15ClN2O2. The minimum absolute atomic E-state index is 0.113. The van der Waals surface area contributed by atoms with Crippen LogP contribution in [0.1, 0.15) is 5.56 Å². The van der Waals surface area contributed by atoms with Crippen LogP contribution in [-0.2, 0) is 4.79 Å². The second kappa shape index (κ2) is 6.30. The first kappa shape index (κ1) is 14.2. The number of nitrogen functional groups attached to an aromatic ring is 1. The molecule has 104 valence electrons. The SMILES string of the molecule is Cc1ccc(Cl)c(OCC(=O)Nc2cccc(N)c2)c1. The molecule has 0 aliphatic rings. The highest BCUT2D eigenvalue weighted by Gasteiger charge is 2.06. The Morgan fingerprint density at radius 2 is 2.10 bits per heavy atom. The Morgan fingerprint density at radius 1 is 1.30 bits per heavy atom. The van der Waals surface area contributed by atoms with Crippen molar-refractivity contribution in [3.63, 3.8) is 0 Å². The van der Waals surface area contributed by atoms with E-state index in [0.717, 1.165) is 5.56 Å². The number of anilines is 2. The summed E-state index contributed by atoms with van der Waals surface area (Å²) in [6, 6.07) is 12.4. The van der Waals surface area contributed by atoms with Crippen LogP contribution in [0.3, 0.4) is 0 Å². The highest BCUT2D eigenvalue weighted by Crippen LogP contribution is 2.25. The highest BCUT2D eigenvalue weighted by molar-refractivity contribution is 6.32. The van der Waals surface area contributed by atoms with E-state index in [9.17, 15) is 4.79 Å². The lowest BCUT2D eigenvalue weighted by atomic mass is 10.2. The number of aryl methyl sites for hydroxylation is 1. The summed E-state index contributed by atoms with van der Waals surface area (Å²) in [6.07, 6.45) is 0. The number of benzene rings is 2. The van der Waals surface area contributed by atoms with Crippen molar-refractivity contribution in [2.24, 2.45) is 0 Å². The lowest BCUT2D eigenvalue weighted by Gasteiger charge is -2.09. The standard InChI is InChI=1S/C15H15ClN2O2/c1-10-5-6-13(16)14(7-10)20-9-15(19)18-12-4-2-3-11(17)8-12/h2-8H,9,17H2,1H3,(H,18,19). The molecule has 2 aromatic carbocycles. The van der Waals surface area contributed by atoms with Gasteiger partial charge in [0.1, 0.15) is 5.75 Å². The molecule has 5 heteroatoms. The Balaban J connectivity index is 1.94. The van der Waals surface area contributed by atoms with Crippen LogP contribution in [-0.4, -0.2) is 12.5 Å². The number of carbonyl (C=O) groups excluding carboxylic acids is 1. The Kier molecular flexibility index (Phi) is 4.48. The van der Waals surface area contributed by atoms with E-state index in [4.69, 9.17) is 22.1 Å². The van der Waals surface area contributed by atoms with Gasteiger partial charge in [-0.2, -0.15) is 0 Å². The maximum absolute atomic E-state index is 11.8. The second-order valence-corrected chi connectivity index (χ2v) is 4.80. The number of nitrogens with one attached hydrogen (secondary N) is 1. The quantitative estimate of drug-likeness (QED) is 0.850. The van der Waals surface area contributed by atoms with Crippen molar-refractivity contribution in [1.29, 1.82) is 0 Å². The normalized spacial score (nSPS) is 10.1. The van der Waals surface area contributed by atoms with Crippen LogP contribution in [0, 0.1) is 6.92 Å². The average molecular weight is 291 g/mol. The van der Waals surface area contributed by atoms with Crippen LogP contribution in [0.5, 0.6) is 5.75 Å². The first-order valence-corrected chi connectivity index (χ1v) is 6.47. The van der Waals surface area contributed by atoms with E-state index < -0.39 is 0 Å². The molecule has 0 unspecified atom stereocenters. The summed E-state index contributed by atoms with van der Waals surface area (Å²) >= 11 is 5.99. The molecule has 4 nitrogen and oxygen atoms in total. The Bertz CT molecular complexity index is 629. The van der Waals surface area contributed by atoms with Crippen LogP contribution < -0.4 is 15.8 Å². The van der Waals surface area contributed by atoms with Crippen molar-refractivity contribution in [3.05, 3.63) is 53.1 Å². The second-order valence-electron chi connectivity index (χ2n) is 4.40. The molecule has 0 fully saturated rings. The monoisotopic (exact) mass is 290 g/mol. The zero-order chi connectivity index (χ0) is 14.5. The number of ether oxygens (including phenoxy) is 1. The highest BCUT2D eigenvalue weighted by atomic mass is 35.5. The molecule has 0 saturated heterocycles. The topological polar surface area (TPSA) is 64.3 Å². The van der Waals surface area contributed by atoms with Crippen molar-refractivity contribution in [1.82, 2.24) is 0 Å². The molecule has 0 saturated carbocycles. The lowest BCUT2D eigenvalue weighted by molar-refractivity contribution is -0.118. The predicted molar refractivity (Wildman–Crippen MR) is 81.2 cm³/mol. The Labute approximate surface area is 122 Å². The van der Waals surface area contributed by atoms with Crippen LogP contribution in [0.25, 0.3) is 0 Å². The number of halogens is 1. The van der Waals surface area contributed by atoms with Gasteiger partial charge >= 0.3 is 0 Å². The molecule has 1 amide bonds. The van der Waals surface area contributed by atoms with Gasteiger partial charge in [0.25, 0.3) is 5.91 Å². The van der Waals surface area contributed by atoms with E-state index in [1.165, 1.54) is 0 Å². The van der Waals surface area contributed by atoms with Gasteiger partial charge in [-0.3, -0.25) is 4.79 Å². The molecular weight excluding hydrogens is 276 g/mol. The first-order valence-electron chi connectivity index (χ1n) is 6.09. The van der Waals surface area contributed by atoms with E-state index in [0.29, 0.717) is 22.1 Å². The van der Waals surface area contributed by atoms with Gasteiger partial charge in [-0.25, -0.2) is 0 Å². The summed E-state index contributed by atoms with van der Waals surface area (Å²) in [6.45, 7) is 1.81. The number of hydrogen-bond acceptors (Lipinski definition) is 3. The van der Waals surface area contributed by atoms with Crippen molar-refractivity contribution >= 4 is 28.9 Å². The fourth-order valence-electron chi connectivity index (χ4n) is 1.68. The van der Waals surface area contributed by atoms with E-state index in [-0.39, 0.29) is 12.5 Å². The smallest absolute Gasteiger partial charge is 0.262 e. The summed E-state index contributed by atoms with van der Waals surface area (Å²) in [5.41, 5.74) is 7.87. The predicted octanol–water partition coefficient (Wildman–Crippen LogP) is 3.25. The molecule has 0 radical (unpaired) electrons. The fraction of sp³-hybridized carbons (Fsp3) is 0.133. The molecule has 0 aliphatic heterocycles. The van der Waals surface area contributed by atoms with E-state index in [1.807, 2.05) is 13.0 Å². The first-order chi connectivity index (χ1) is 9.54. The molecule has 3 N–H and O–H groups in total. The average Bonchev–Trinajstić information content (AvgIpc) is 2.40. The number of rotatable bonds is 4. The molecule has 0 heterocycles. The maximum atomic E-state index is 11.8. The van der Waals surface area contributed by atoms with E-state index in [1.54, 1.807) is 36.4 Å². The maximum Gasteiger partial charge on any atom is 0.262 e. The number of carbonyl (C=O) groups is 1. The van der Waals surface area contributed by atoms with Gasteiger partial charge in [0.2, 0.25) is 0 Å². The van der Waals surface area contributed by atoms with Crippen molar-refractivity contribution < 1.29 is 9.53 Å². The van der Waals surface area contributed by atoms with Crippen molar-refractivity contribution in [2.75, 3.05) is 17.7 Å². The number of hydrogen-bond donors (Lipinski definition) is 2. The summed E-state index contributed by atoms with van der Waals surface area (Å²) in [5.74, 6) is 0.225. The number of nitrogens with two attached hydrogens (primary N) is 1. The zero-order valence-corrected chi connectivity index (χ0v) is 11.8. The van der Waals surface area contributed by atoms with Gasteiger partial charge in [0, 0.05) is 11.4 Å². The van der Waals surface area contributed by atoms with Gasteiger partial charge in [0.15, 0.2) is 6.61 Å². The molecule has 2 rings (SSSR count). The molecule has 0 spiro atoms. The fourth-order valence-corrected chi connectivity index (χ4v) is 1.85. The van der Waals surface area contributed by atoms with E-state index >= 15 is 0 Å². The molecule has 20 heavy (non-hydrogen) atoms. The third kappa shape index (κ3) is 3.90. The van der Waals surface area contributed by atoms with Gasteiger partial charge in [-0.05, 0) is 42.8 Å². The summed E-state index contributed by atoms with van der Waals surface area (Å²) < 4.78 is 5.41. The molecule has 2 aromatic rings. The van der Waals surface area contributed by atoms with Crippen molar-refractivity contribution in [3.8, 4) is 5.75 Å². The van der Waals surface area contributed by atoms with Crippen LogP contribution >= 0.6 is 11.6 Å². The van der Waals surface area contributed by atoms with E-state index in [2.05, 4.69) is 5.32 Å². The molecule has 0 aliphatic carbocycles. The third-order valence-electron chi connectivity index (χ3n) is 2.62. The molecule has 0 aromatic heterocycles. The Hall–Kier alpha value is -2.20. The zero-order valence-electron chi connectivity index (χ0n) is 11.0.